The molecular weight excluding hydrogens is 198 g/mol. The zero-order valence-corrected chi connectivity index (χ0v) is 10.2. The SMILES string of the molecule is CCc1cccc(C(=O)CC(CC)CN)c1. The molecule has 0 saturated heterocycles. The van der Waals surface area contributed by atoms with Gasteiger partial charge >= 0.3 is 0 Å². The fourth-order valence-electron chi connectivity index (χ4n) is 1.74. The van der Waals surface area contributed by atoms with Crippen molar-refractivity contribution in [1.29, 1.82) is 0 Å². The Kier molecular flexibility index (Phi) is 5.20. The molecule has 0 aromatic heterocycles. The number of rotatable bonds is 6. The van der Waals surface area contributed by atoms with Crippen LogP contribution in [-0.4, -0.2) is 12.3 Å². The van der Waals surface area contributed by atoms with Gasteiger partial charge in [-0.25, -0.2) is 0 Å². The summed E-state index contributed by atoms with van der Waals surface area (Å²) in [7, 11) is 0. The van der Waals surface area contributed by atoms with E-state index in [4.69, 9.17) is 5.73 Å². The third-order valence-electron chi connectivity index (χ3n) is 3.04. The highest BCUT2D eigenvalue weighted by atomic mass is 16.1. The number of hydrogen-bond donors (Lipinski definition) is 1. The Balaban J connectivity index is 2.72. The molecule has 1 unspecified atom stereocenters. The maximum atomic E-state index is 12.0. The maximum Gasteiger partial charge on any atom is 0.163 e. The second kappa shape index (κ2) is 6.44. The van der Waals surface area contributed by atoms with Crippen molar-refractivity contribution in [2.75, 3.05) is 6.54 Å². The molecule has 2 N–H and O–H groups in total. The quantitative estimate of drug-likeness (QED) is 0.748. The summed E-state index contributed by atoms with van der Waals surface area (Å²) < 4.78 is 0. The van der Waals surface area contributed by atoms with Gasteiger partial charge in [0.1, 0.15) is 0 Å². The highest BCUT2D eigenvalue weighted by Crippen LogP contribution is 2.13. The Morgan fingerprint density at radius 3 is 2.69 bits per heavy atom. The normalized spacial score (nSPS) is 12.4. The van der Waals surface area contributed by atoms with Crippen molar-refractivity contribution in [2.45, 2.75) is 33.1 Å². The molecule has 0 spiro atoms. The summed E-state index contributed by atoms with van der Waals surface area (Å²) >= 11 is 0. The number of aryl methyl sites for hydroxylation is 1. The summed E-state index contributed by atoms with van der Waals surface area (Å²) in [4.78, 5) is 12.0. The summed E-state index contributed by atoms with van der Waals surface area (Å²) in [6.45, 7) is 4.77. The highest BCUT2D eigenvalue weighted by Gasteiger charge is 2.12. The predicted molar refractivity (Wildman–Crippen MR) is 67.6 cm³/mol. The molecule has 0 bridgehead atoms. The summed E-state index contributed by atoms with van der Waals surface area (Å²) in [6.07, 6.45) is 2.51. The van der Waals surface area contributed by atoms with Gasteiger partial charge < -0.3 is 5.73 Å². The maximum absolute atomic E-state index is 12.0. The zero-order valence-electron chi connectivity index (χ0n) is 10.2. The molecule has 0 saturated carbocycles. The molecule has 2 heteroatoms. The van der Waals surface area contributed by atoms with E-state index in [1.165, 1.54) is 5.56 Å². The number of carbonyl (C=O) groups excluding carboxylic acids is 1. The smallest absolute Gasteiger partial charge is 0.163 e. The number of hydrogen-bond acceptors (Lipinski definition) is 2. The first-order chi connectivity index (χ1) is 7.71. The molecule has 1 atom stereocenters. The minimum atomic E-state index is 0.215. The van der Waals surface area contributed by atoms with Crippen LogP contribution >= 0.6 is 0 Å². The van der Waals surface area contributed by atoms with Gasteiger partial charge in [0.25, 0.3) is 0 Å². The molecule has 1 aromatic carbocycles. The van der Waals surface area contributed by atoms with Crippen LogP contribution in [0.2, 0.25) is 0 Å². The first-order valence-corrected chi connectivity index (χ1v) is 6.03. The molecule has 0 aliphatic rings. The van der Waals surface area contributed by atoms with Crippen molar-refractivity contribution < 1.29 is 4.79 Å². The van der Waals surface area contributed by atoms with Gasteiger partial charge in [0.05, 0.1) is 0 Å². The van der Waals surface area contributed by atoms with E-state index in [1.54, 1.807) is 0 Å². The van der Waals surface area contributed by atoms with Gasteiger partial charge in [-0.2, -0.15) is 0 Å². The van der Waals surface area contributed by atoms with Crippen LogP contribution in [0.15, 0.2) is 24.3 Å². The van der Waals surface area contributed by atoms with E-state index >= 15 is 0 Å². The number of Topliss-reactive ketones (excluding diaryl/α,β-unsaturated/α-hetero) is 1. The van der Waals surface area contributed by atoms with Crippen LogP contribution in [0, 0.1) is 5.92 Å². The summed E-state index contributed by atoms with van der Waals surface area (Å²) in [5.41, 5.74) is 7.65. The molecule has 0 radical (unpaired) electrons. The van der Waals surface area contributed by atoms with Gasteiger partial charge in [-0.15, -0.1) is 0 Å². The van der Waals surface area contributed by atoms with Gasteiger partial charge in [-0.05, 0) is 30.5 Å². The van der Waals surface area contributed by atoms with E-state index in [0.29, 0.717) is 18.9 Å². The lowest BCUT2D eigenvalue weighted by molar-refractivity contribution is 0.0961. The first kappa shape index (κ1) is 12.9. The van der Waals surface area contributed by atoms with Gasteiger partial charge in [0.2, 0.25) is 0 Å². The lowest BCUT2D eigenvalue weighted by Crippen LogP contribution is -2.17. The zero-order chi connectivity index (χ0) is 12.0. The van der Waals surface area contributed by atoms with E-state index in [-0.39, 0.29) is 5.78 Å². The van der Waals surface area contributed by atoms with Crippen LogP contribution in [0.3, 0.4) is 0 Å². The first-order valence-electron chi connectivity index (χ1n) is 6.03. The van der Waals surface area contributed by atoms with Crippen LogP contribution in [0.5, 0.6) is 0 Å². The van der Waals surface area contributed by atoms with Crippen molar-refractivity contribution in [2.24, 2.45) is 11.7 Å². The molecule has 2 nitrogen and oxygen atoms in total. The Hall–Kier alpha value is -1.15. The average Bonchev–Trinajstić information content (AvgIpc) is 2.35. The summed E-state index contributed by atoms with van der Waals surface area (Å²) in [5.74, 6) is 0.533. The lowest BCUT2D eigenvalue weighted by atomic mass is 9.95. The van der Waals surface area contributed by atoms with Crippen LogP contribution in [0.25, 0.3) is 0 Å². The van der Waals surface area contributed by atoms with Gasteiger partial charge in [0.15, 0.2) is 5.78 Å². The third-order valence-corrected chi connectivity index (χ3v) is 3.04. The van der Waals surface area contributed by atoms with Crippen molar-refractivity contribution in [3.05, 3.63) is 35.4 Å². The van der Waals surface area contributed by atoms with Crippen molar-refractivity contribution in [3.63, 3.8) is 0 Å². The highest BCUT2D eigenvalue weighted by molar-refractivity contribution is 5.96. The number of benzene rings is 1. The second-order valence-corrected chi connectivity index (χ2v) is 4.19. The lowest BCUT2D eigenvalue weighted by Gasteiger charge is -2.11. The van der Waals surface area contributed by atoms with E-state index in [0.717, 1.165) is 18.4 Å². The number of ketones is 1. The Labute approximate surface area is 97.9 Å². The molecule has 0 amide bonds. The summed E-state index contributed by atoms with van der Waals surface area (Å²) in [6, 6.07) is 7.89. The van der Waals surface area contributed by atoms with Crippen LogP contribution in [-0.2, 0) is 6.42 Å². The molecule has 1 rings (SSSR count). The number of carbonyl (C=O) groups is 1. The molecule has 16 heavy (non-hydrogen) atoms. The third kappa shape index (κ3) is 3.46. The predicted octanol–water partition coefficient (Wildman–Crippen LogP) is 2.81. The topological polar surface area (TPSA) is 43.1 Å². The Bertz CT molecular complexity index is 342. The minimum Gasteiger partial charge on any atom is -0.330 e. The fraction of sp³-hybridized carbons (Fsp3) is 0.500. The molecule has 0 aliphatic heterocycles. The second-order valence-electron chi connectivity index (χ2n) is 4.19. The molecule has 88 valence electrons. The molecule has 0 aliphatic carbocycles. The van der Waals surface area contributed by atoms with Gasteiger partial charge in [-0.1, -0.05) is 38.5 Å². The van der Waals surface area contributed by atoms with Crippen LogP contribution < -0.4 is 5.73 Å². The van der Waals surface area contributed by atoms with Gasteiger partial charge in [-0.3, -0.25) is 4.79 Å². The van der Waals surface area contributed by atoms with E-state index in [2.05, 4.69) is 19.9 Å². The minimum absolute atomic E-state index is 0.215. The molecule has 0 fully saturated rings. The summed E-state index contributed by atoms with van der Waals surface area (Å²) in [5, 5.41) is 0. The van der Waals surface area contributed by atoms with Crippen molar-refractivity contribution in [3.8, 4) is 0 Å². The van der Waals surface area contributed by atoms with Crippen LogP contribution in [0.1, 0.15) is 42.6 Å². The van der Waals surface area contributed by atoms with Crippen LogP contribution in [0.4, 0.5) is 0 Å². The average molecular weight is 219 g/mol. The molecule has 1 aromatic rings. The van der Waals surface area contributed by atoms with E-state index < -0.39 is 0 Å². The largest absolute Gasteiger partial charge is 0.330 e. The monoisotopic (exact) mass is 219 g/mol. The van der Waals surface area contributed by atoms with Gasteiger partial charge in [0, 0.05) is 12.0 Å². The molecule has 0 heterocycles. The van der Waals surface area contributed by atoms with E-state index in [9.17, 15) is 4.79 Å². The van der Waals surface area contributed by atoms with E-state index in [1.807, 2.05) is 18.2 Å². The Morgan fingerprint density at radius 1 is 1.38 bits per heavy atom. The molecular formula is C14H21NO. The standard InChI is InChI=1S/C14H21NO/c1-3-11-6-5-7-13(8-11)14(16)9-12(4-2)10-15/h5-8,12H,3-4,9-10,15H2,1-2H3. The Morgan fingerprint density at radius 2 is 2.12 bits per heavy atom. The fourth-order valence-corrected chi connectivity index (χ4v) is 1.74. The van der Waals surface area contributed by atoms with Crippen molar-refractivity contribution >= 4 is 5.78 Å². The number of nitrogens with two attached hydrogens (primary N) is 1. The van der Waals surface area contributed by atoms with Crippen molar-refractivity contribution in [1.82, 2.24) is 0 Å².